The van der Waals surface area contributed by atoms with Crippen molar-refractivity contribution in [3.8, 4) is 0 Å². The van der Waals surface area contributed by atoms with Gasteiger partial charge in [-0.2, -0.15) is 4.31 Å². The highest BCUT2D eigenvalue weighted by molar-refractivity contribution is 7.89. The summed E-state index contributed by atoms with van der Waals surface area (Å²) in [6, 6.07) is 10.2. The van der Waals surface area contributed by atoms with Gasteiger partial charge in [-0.15, -0.1) is 0 Å². The molecule has 8 heteroatoms. The number of halogens is 2. The molecule has 28 heavy (non-hydrogen) atoms. The smallest absolute Gasteiger partial charge is 0.243 e. The van der Waals surface area contributed by atoms with Gasteiger partial charge in [0, 0.05) is 23.8 Å². The van der Waals surface area contributed by atoms with Crippen LogP contribution in [0.2, 0.25) is 5.02 Å². The lowest BCUT2D eigenvalue weighted by atomic mass is 10.1. The van der Waals surface area contributed by atoms with Crippen molar-refractivity contribution in [1.29, 1.82) is 0 Å². The zero-order chi connectivity index (χ0) is 20.1. The van der Waals surface area contributed by atoms with Crippen molar-refractivity contribution in [3.05, 3.63) is 58.9 Å². The van der Waals surface area contributed by atoms with Crippen LogP contribution in [-0.4, -0.2) is 31.7 Å². The summed E-state index contributed by atoms with van der Waals surface area (Å²) in [5.41, 5.74) is 0.691. The Labute approximate surface area is 169 Å². The molecular weight excluding hydrogens is 403 g/mol. The number of hydrogen-bond acceptors (Lipinski definition) is 3. The fraction of sp³-hybridized carbons (Fsp3) is 0.350. The van der Waals surface area contributed by atoms with Gasteiger partial charge in [-0.25, -0.2) is 12.8 Å². The lowest BCUT2D eigenvalue weighted by Crippen LogP contribution is -2.31. The van der Waals surface area contributed by atoms with Gasteiger partial charge in [0.2, 0.25) is 15.9 Å². The Balaban J connectivity index is 1.66. The Morgan fingerprint density at radius 2 is 1.68 bits per heavy atom. The second kappa shape index (κ2) is 9.03. The van der Waals surface area contributed by atoms with Crippen molar-refractivity contribution >= 4 is 33.2 Å². The summed E-state index contributed by atoms with van der Waals surface area (Å²) in [6.07, 6.45) is 3.69. The highest BCUT2D eigenvalue weighted by Crippen LogP contribution is 2.22. The first-order chi connectivity index (χ1) is 13.4. The van der Waals surface area contributed by atoms with Gasteiger partial charge < -0.3 is 5.32 Å². The Hall–Kier alpha value is -1.96. The van der Waals surface area contributed by atoms with Crippen LogP contribution in [0.3, 0.4) is 0 Å². The molecule has 0 bridgehead atoms. The summed E-state index contributed by atoms with van der Waals surface area (Å²) in [7, 11) is -3.53. The number of carbonyl (C=O) groups excluding carboxylic acids is 1. The molecule has 0 atom stereocenters. The molecule has 0 unspecified atom stereocenters. The molecule has 1 saturated heterocycles. The van der Waals surface area contributed by atoms with Crippen molar-refractivity contribution < 1.29 is 17.6 Å². The highest BCUT2D eigenvalue weighted by atomic mass is 35.5. The van der Waals surface area contributed by atoms with Crippen LogP contribution >= 0.6 is 11.6 Å². The fourth-order valence-electron chi connectivity index (χ4n) is 3.18. The first-order valence-electron chi connectivity index (χ1n) is 9.20. The quantitative estimate of drug-likeness (QED) is 0.781. The number of benzene rings is 2. The van der Waals surface area contributed by atoms with E-state index in [1.807, 2.05) is 0 Å². The van der Waals surface area contributed by atoms with Crippen LogP contribution in [0.5, 0.6) is 0 Å². The Kier molecular flexibility index (Phi) is 6.69. The standard InChI is InChI=1S/C20H22ClFN2O3S/c21-16-6-5-15(19(22)14-16)13-20(25)23-17-7-9-18(10-8-17)28(26,27)24-11-3-1-2-4-12-24/h5-10,14H,1-4,11-13H2,(H,23,25). The molecule has 5 nitrogen and oxygen atoms in total. The number of amides is 1. The molecule has 0 aromatic heterocycles. The molecule has 0 spiro atoms. The second-order valence-corrected chi connectivity index (χ2v) is 9.18. The van der Waals surface area contributed by atoms with Gasteiger partial charge in [-0.3, -0.25) is 4.79 Å². The number of rotatable bonds is 5. The number of nitrogens with one attached hydrogen (secondary N) is 1. The lowest BCUT2D eigenvalue weighted by Gasteiger charge is -2.20. The first-order valence-corrected chi connectivity index (χ1v) is 11.0. The van der Waals surface area contributed by atoms with Crippen molar-refractivity contribution in [1.82, 2.24) is 4.31 Å². The number of nitrogens with zero attached hydrogens (tertiary/aromatic N) is 1. The Bertz CT molecular complexity index is 940. The van der Waals surface area contributed by atoms with Crippen molar-refractivity contribution in [2.24, 2.45) is 0 Å². The van der Waals surface area contributed by atoms with E-state index in [2.05, 4.69) is 5.32 Å². The van der Waals surface area contributed by atoms with E-state index in [9.17, 15) is 17.6 Å². The van der Waals surface area contributed by atoms with Crippen LogP contribution < -0.4 is 5.32 Å². The zero-order valence-corrected chi connectivity index (χ0v) is 16.9. The molecular formula is C20H22ClFN2O3S. The molecule has 3 rings (SSSR count). The van der Waals surface area contributed by atoms with Gasteiger partial charge in [0.1, 0.15) is 5.82 Å². The molecule has 1 heterocycles. The van der Waals surface area contributed by atoms with Gasteiger partial charge >= 0.3 is 0 Å². The minimum atomic E-state index is -3.53. The van der Waals surface area contributed by atoms with Crippen LogP contribution in [-0.2, 0) is 21.2 Å². The maximum absolute atomic E-state index is 13.8. The molecule has 150 valence electrons. The molecule has 1 aliphatic heterocycles. The van der Waals surface area contributed by atoms with Crippen LogP contribution in [0.25, 0.3) is 0 Å². The number of anilines is 1. The van der Waals surface area contributed by atoms with Crippen molar-refractivity contribution in [2.45, 2.75) is 37.0 Å². The van der Waals surface area contributed by atoms with Crippen LogP contribution in [0.1, 0.15) is 31.2 Å². The van der Waals surface area contributed by atoms with E-state index in [4.69, 9.17) is 11.6 Å². The number of carbonyl (C=O) groups is 1. The van der Waals surface area contributed by atoms with E-state index < -0.39 is 21.7 Å². The van der Waals surface area contributed by atoms with Gasteiger partial charge in [-0.05, 0) is 54.8 Å². The summed E-state index contributed by atoms with van der Waals surface area (Å²) < 4.78 is 40.9. The molecule has 1 amide bonds. The first kappa shape index (κ1) is 20.8. The molecule has 1 fully saturated rings. The third kappa shape index (κ3) is 5.10. The van der Waals surface area contributed by atoms with E-state index in [-0.39, 0.29) is 21.9 Å². The largest absolute Gasteiger partial charge is 0.326 e. The maximum atomic E-state index is 13.8. The molecule has 1 aliphatic rings. The molecule has 2 aromatic carbocycles. The van der Waals surface area contributed by atoms with Gasteiger partial charge in [0.05, 0.1) is 11.3 Å². The summed E-state index contributed by atoms with van der Waals surface area (Å²) in [5, 5.41) is 2.92. The normalized spacial score (nSPS) is 15.8. The monoisotopic (exact) mass is 424 g/mol. The summed E-state index contributed by atoms with van der Waals surface area (Å²) in [4.78, 5) is 12.4. The number of hydrogen-bond donors (Lipinski definition) is 1. The second-order valence-electron chi connectivity index (χ2n) is 6.80. The van der Waals surface area contributed by atoms with Gasteiger partial charge in [0.15, 0.2) is 0 Å². The highest BCUT2D eigenvalue weighted by Gasteiger charge is 2.25. The average Bonchev–Trinajstić information content (AvgIpc) is 2.94. The summed E-state index contributed by atoms with van der Waals surface area (Å²) >= 11 is 5.71. The third-order valence-corrected chi connectivity index (χ3v) is 6.85. The molecule has 0 aliphatic carbocycles. The van der Waals surface area contributed by atoms with Crippen molar-refractivity contribution in [3.63, 3.8) is 0 Å². The van der Waals surface area contributed by atoms with Crippen LogP contribution in [0.15, 0.2) is 47.4 Å². The van der Waals surface area contributed by atoms with E-state index in [0.29, 0.717) is 18.8 Å². The predicted molar refractivity (Wildman–Crippen MR) is 107 cm³/mol. The van der Waals surface area contributed by atoms with E-state index in [0.717, 1.165) is 31.7 Å². The Morgan fingerprint density at radius 3 is 2.29 bits per heavy atom. The maximum Gasteiger partial charge on any atom is 0.243 e. The molecule has 0 radical (unpaired) electrons. The van der Waals surface area contributed by atoms with E-state index >= 15 is 0 Å². The topological polar surface area (TPSA) is 66.5 Å². The third-order valence-electron chi connectivity index (χ3n) is 4.71. The molecule has 1 N–H and O–H groups in total. The summed E-state index contributed by atoms with van der Waals surface area (Å²) in [6.45, 7) is 1.07. The van der Waals surface area contributed by atoms with Crippen LogP contribution in [0, 0.1) is 5.82 Å². The SMILES string of the molecule is O=C(Cc1ccc(Cl)cc1F)Nc1ccc(S(=O)(=O)N2CCCCCC2)cc1. The Morgan fingerprint density at radius 1 is 1.04 bits per heavy atom. The number of sulfonamides is 1. The summed E-state index contributed by atoms with van der Waals surface area (Å²) in [5.74, 6) is -0.939. The lowest BCUT2D eigenvalue weighted by molar-refractivity contribution is -0.115. The fourth-order valence-corrected chi connectivity index (χ4v) is 4.86. The molecule has 0 saturated carbocycles. The van der Waals surface area contributed by atoms with Crippen LogP contribution in [0.4, 0.5) is 10.1 Å². The van der Waals surface area contributed by atoms with Gasteiger partial charge in [0.25, 0.3) is 0 Å². The minimum Gasteiger partial charge on any atom is -0.326 e. The zero-order valence-electron chi connectivity index (χ0n) is 15.3. The predicted octanol–water partition coefficient (Wildman–Crippen LogP) is 4.23. The average molecular weight is 425 g/mol. The molecule has 2 aromatic rings. The van der Waals surface area contributed by atoms with E-state index in [1.54, 1.807) is 12.1 Å². The van der Waals surface area contributed by atoms with Gasteiger partial charge in [-0.1, -0.05) is 30.5 Å². The van der Waals surface area contributed by atoms with E-state index in [1.165, 1.54) is 28.6 Å². The minimum absolute atomic E-state index is 0.142. The van der Waals surface area contributed by atoms with Crippen molar-refractivity contribution in [2.75, 3.05) is 18.4 Å².